The lowest BCUT2D eigenvalue weighted by molar-refractivity contribution is 0.614. The minimum Gasteiger partial charge on any atom is -0.361 e. The molecule has 2 rings (SSSR count). The molecule has 19 heavy (non-hydrogen) atoms. The molecule has 1 unspecified atom stereocenters. The molecule has 100 valence electrons. The second-order valence-corrected chi connectivity index (χ2v) is 4.36. The Balaban J connectivity index is 2.24. The van der Waals surface area contributed by atoms with Crippen molar-refractivity contribution in [2.75, 3.05) is 17.7 Å². The Kier molecular flexibility index (Phi) is 3.94. The molecule has 0 radical (unpaired) electrons. The van der Waals surface area contributed by atoms with Gasteiger partial charge in [0.1, 0.15) is 0 Å². The Bertz CT molecular complexity index is 571. The summed E-state index contributed by atoms with van der Waals surface area (Å²) in [5.74, 6) is 0.135. The highest BCUT2D eigenvalue weighted by Crippen LogP contribution is 2.22. The van der Waals surface area contributed by atoms with Gasteiger partial charge in [-0.3, -0.25) is 0 Å². The minimum absolute atomic E-state index is 0.0321. The van der Waals surface area contributed by atoms with E-state index in [1.165, 1.54) is 0 Å². The number of nitrogens with one attached hydrogen (secondary N) is 2. The van der Waals surface area contributed by atoms with Crippen LogP contribution in [0.25, 0.3) is 0 Å². The maximum absolute atomic E-state index is 13.7. The summed E-state index contributed by atoms with van der Waals surface area (Å²) in [6.07, 6.45) is 1.16. The molecule has 1 atom stereocenters. The van der Waals surface area contributed by atoms with Gasteiger partial charge >= 0.3 is 0 Å². The largest absolute Gasteiger partial charge is 0.361 e. The van der Waals surface area contributed by atoms with Crippen molar-refractivity contribution in [1.82, 2.24) is 9.97 Å². The van der Waals surface area contributed by atoms with E-state index in [4.69, 9.17) is 0 Å². The monoisotopic (exact) mass is 260 g/mol. The third-order valence-electron chi connectivity index (χ3n) is 2.98. The van der Waals surface area contributed by atoms with E-state index in [0.29, 0.717) is 5.95 Å². The third kappa shape index (κ3) is 2.99. The number of aryl methyl sites for hydroxylation is 1. The number of halogens is 1. The lowest BCUT2D eigenvalue weighted by Crippen LogP contribution is -2.12. The van der Waals surface area contributed by atoms with Crippen LogP contribution in [0, 0.1) is 12.7 Å². The summed E-state index contributed by atoms with van der Waals surface area (Å²) >= 11 is 0. The molecule has 0 aliphatic rings. The number of nitrogens with zero attached hydrogens (tertiary/aromatic N) is 2. The number of rotatable bonds is 4. The summed E-state index contributed by atoms with van der Waals surface area (Å²) in [4.78, 5) is 7.90. The second-order valence-electron chi connectivity index (χ2n) is 4.36. The molecule has 0 spiro atoms. The first-order valence-electron chi connectivity index (χ1n) is 6.14. The van der Waals surface area contributed by atoms with Gasteiger partial charge in [0.2, 0.25) is 5.95 Å². The summed E-state index contributed by atoms with van der Waals surface area (Å²) in [5.41, 5.74) is 2.28. The van der Waals surface area contributed by atoms with Gasteiger partial charge in [-0.25, -0.2) is 9.37 Å². The minimum atomic E-state index is -0.459. The molecule has 2 N–H and O–H groups in total. The Labute approximate surface area is 112 Å². The molecular weight excluding hydrogens is 243 g/mol. The first-order valence-corrected chi connectivity index (χ1v) is 6.14. The van der Waals surface area contributed by atoms with Gasteiger partial charge in [-0.2, -0.15) is 4.98 Å². The SMILES string of the molecule is CNc1ncc(F)c(NC(C)c2ccccc2C)n1. The summed E-state index contributed by atoms with van der Waals surface area (Å²) in [5, 5.41) is 5.87. The van der Waals surface area contributed by atoms with Gasteiger partial charge < -0.3 is 10.6 Å². The highest BCUT2D eigenvalue weighted by molar-refractivity contribution is 5.44. The van der Waals surface area contributed by atoms with Crippen LogP contribution in [0.3, 0.4) is 0 Å². The van der Waals surface area contributed by atoms with E-state index >= 15 is 0 Å². The Morgan fingerprint density at radius 1 is 1.26 bits per heavy atom. The van der Waals surface area contributed by atoms with Crippen molar-refractivity contribution in [2.24, 2.45) is 0 Å². The van der Waals surface area contributed by atoms with Gasteiger partial charge in [0.05, 0.1) is 12.2 Å². The molecule has 2 aromatic rings. The summed E-state index contributed by atoms with van der Waals surface area (Å²) in [6.45, 7) is 4.01. The van der Waals surface area contributed by atoms with Crippen LogP contribution in [0.2, 0.25) is 0 Å². The average Bonchev–Trinajstić information content (AvgIpc) is 2.41. The maximum Gasteiger partial charge on any atom is 0.224 e. The Hall–Kier alpha value is -2.17. The lowest BCUT2D eigenvalue weighted by atomic mass is 10.0. The van der Waals surface area contributed by atoms with Gasteiger partial charge in [0.15, 0.2) is 11.6 Å². The summed E-state index contributed by atoms with van der Waals surface area (Å²) in [6, 6.07) is 7.97. The number of hydrogen-bond donors (Lipinski definition) is 2. The van der Waals surface area contributed by atoms with E-state index < -0.39 is 5.82 Å². The molecule has 1 heterocycles. The molecule has 0 saturated heterocycles. The molecule has 0 aliphatic carbocycles. The molecule has 5 heteroatoms. The van der Waals surface area contributed by atoms with E-state index in [9.17, 15) is 4.39 Å². The second kappa shape index (κ2) is 5.65. The Morgan fingerprint density at radius 2 is 2.00 bits per heavy atom. The quantitative estimate of drug-likeness (QED) is 0.886. The van der Waals surface area contributed by atoms with Crippen LogP contribution in [0.5, 0.6) is 0 Å². The molecule has 0 aliphatic heterocycles. The van der Waals surface area contributed by atoms with Gasteiger partial charge in [-0.1, -0.05) is 24.3 Å². The van der Waals surface area contributed by atoms with Crippen molar-refractivity contribution >= 4 is 11.8 Å². The van der Waals surface area contributed by atoms with Crippen LogP contribution in [-0.4, -0.2) is 17.0 Å². The van der Waals surface area contributed by atoms with Crippen molar-refractivity contribution in [2.45, 2.75) is 19.9 Å². The average molecular weight is 260 g/mol. The molecule has 1 aromatic carbocycles. The van der Waals surface area contributed by atoms with Gasteiger partial charge in [-0.05, 0) is 25.0 Å². The fourth-order valence-electron chi connectivity index (χ4n) is 1.94. The topological polar surface area (TPSA) is 49.8 Å². The zero-order chi connectivity index (χ0) is 13.8. The first kappa shape index (κ1) is 13.3. The van der Waals surface area contributed by atoms with Crippen LogP contribution >= 0.6 is 0 Å². The molecule has 0 fully saturated rings. The molecule has 0 amide bonds. The normalized spacial score (nSPS) is 12.0. The maximum atomic E-state index is 13.7. The zero-order valence-corrected chi connectivity index (χ0v) is 11.2. The van der Waals surface area contributed by atoms with Crippen LogP contribution < -0.4 is 10.6 Å². The highest BCUT2D eigenvalue weighted by atomic mass is 19.1. The summed E-state index contributed by atoms with van der Waals surface area (Å²) < 4.78 is 13.7. The van der Waals surface area contributed by atoms with E-state index in [0.717, 1.165) is 17.3 Å². The smallest absolute Gasteiger partial charge is 0.224 e. The van der Waals surface area contributed by atoms with E-state index in [2.05, 4.69) is 20.6 Å². The summed E-state index contributed by atoms with van der Waals surface area (Å²) in [7, 11) is 1.70. The van der Waals surface area contributed by atoms with E-state index in [-0.39, 0.29) is 11.9 Å². The van der Waals surface area contributed by atoms with Crippen molar-refractivity contribution in [3.63, 3.8) is 0 Å². The van der Waals surface area contributed by atoms with Gasteiger partial charge in [0.25, 0.3) is 0 Å². The van der Waals surface area contributed by atoms with Gasteiger partial charge in [0, 0.05) is 7.05 Å². The van der Waals surface area contributed by atoms with Crippen LogP contribution in [-0.2, 0) is 0 Å². The van der Waals surface area contributed by atoms with Crippen molar-refractivity contribution < 1.29 is 4.39 Å². The molecule has 0 saturated carbocycles. The van der Waals surface area contributed by atoms with E-state index in [1.807, 2.05) is 38.1 Å². The number of aromatic nitrogens is 2. The fraction of sp³-hybridized carbons (Fsp3) is 0.286. The first-order chi connectivity index (χ1) is 9.11. The number of hydrogen-bond acceptors (Lipinski definition) is 4. The van der Waals surface area contributed by atoms with Gasteiger partial charge in [-0.15, -0.1) is 0 Å². The Morgan fingerprint density at radius 3 is 2.68 bits per heavy atom. The lowest BCUT2D eigenvalue weighted by Gasteiger charge is -2.17. The van der Waals surface area contributed by atoms with Crippen LogP contribution in [0.1, 0.15) is 24.1 Å². The molecular formula is C14H17FN4. The fourth-order valence-corrected chi connectivity index (χ4v) is 1.94. The van der Waals surface area contributed by atoms with Crippen molar-refractivity contribution in [1.29, 1.82) is 0 Å². The van der Waals surface area contributed by atoms with E-state index in [1.54, 1.807) is 7.05 Å². The third-order valence-corrected chi connectivity index (χ3v) is 2.98. The molecule has 4 nitrogen and oxygen atoms in total. The molecule has 1 aromatic heterocycles. The van der Waals surface area contributed by atoms with Crippen molar-refractivity contribution in [3.8, 4) is 0 Å². The predicted molar refractivity (Wildman–Crippen MR) is 74.8 cm³/mol. The predicted octanol–water partition coefficient (Wildman–Crippen LogP) is 3.14. The number of benzene rings is 1. The standard InChI is InChI=1S/C14H17FN4/c1-9-6-4-5-7-11(9)10(2)18-13-12(15)8-17-14(16-3)19-13/h4-8,10H,1-3H3,(H2,16,17,18,19). The number of anilines is 2. The van der Waals surface area contributed by atoms with Crippen molar-refractivity contribution in [3.05, 3.63) is 47.4 Å². The zero-order valence-electron chi connectivity index (χ0n) is 11.2. The van der Waals surface area contributed by atoms with Crippen LogP contribution in [0.4, 0.5) is 16.2 Å². The molecule has 0 bridgehead atoms. The van der Waals surface area contributed by atoms with Crippen LogP contribution in [0.15, 0.2) is 30.5 Å². The highest BCUT2D eigenvalue weighted by Gasteiger charge is 2.12.